The van der Waals surface area contributed by atoms with Crippen LogP contribution in [0.5, 0.6) is 0 Å². The molecule has 384 valence electrons. The van der Waals surface area contributed by atoms with Crippen molar-refractivity contribution in [2.24, 2.45) is 0 Å². The molecule has 83 heavy (non-hydrogen) atoms. The highest BCUT2D eigenvalue weighted by atomic mass is 79.9. The molecule has 0 bridgehead atoms. The molecular formula is C80H47BrN2. The SMILES string of the molecule is Brc1ccc2c3ccccc3c3ccccc3c2c1.c1cc2c3c(cccc3c1)-c1c-2ccc2c1[nH]c1ccccc12.c1cc2c3c(cccc3c1)-c1c-2ccc2c3ccccc3n(-c3ccc4c5ccccc5c5ccccc5c4c3)c12. The zero-order valence-electron chi connectivity index (χ0n) is 44.9. The number of nitrogens with zero attached hydrogens (tertiary/aromatic N) is 1. The largest absolute Gasteiger partial charge is 0.354 e. The van der Waals surface area contributed by atoms with Crippen LogP contribution >= 0.6 is 15.9 Å². The number of hydrogen-bond donors (Lipinski definition) is 1. The summed E-state index contributed by atoms with van der Waals surface area (Å²) >= 11 is 3.58. The Kier molecular flexibility index (Phi) is 9.98. The molecule has 0 fully saturated rings. The first kappa shape index (κ1) is 46.4. The van der Waals surface area contributed by atoms with E-state index in [-0.39, 0.29) is 0 Å². The molecule has 18 aromatic rings. The second kappa shape index (κ2) is 17.8. The van der Waals surface area contributed by atoms with E-state index in [1.807, 2.05) is 0 Å². The minimum atomic E-state index is 1.13. The van der Waals surface area contributed by atoms with Gasteiger partial charge in [0, 0.05) is 48.3 Å². The summed E-state index contributed by atoms with van der Waals surface area (Å²) in [5, 5.41) is 26.3. The summed E-state index contributed by atoms with van der Waals surface area (Å²) in [6, 6.07) is 102. The summed E-state index contributed by atoms with van der Waals surface area (Å²) in [5.41, 5.74) is 16.9. The number of hydrogen-bond acceptors (Lipinski definition) is 0. The van der Waals surface area contributed by atoms with Gasteiger partial charge in [-0.05, 0) is 156 Å². The molecule has 1 N–H and O–H groups in total. The zero-order chi connectivity index (χ0) is 54.4. The Bertz CT molecular complexity index is 5760. The van der Waals surface area contributed by atoms with Crippen molar-refractivity contribution < 1.29 is 0 Å². The van der Waals surface area contributed by atoms with E-state index in [9.17, 15) is 0 Å². The predicted molar refractivity (Wildman–Crippen MR) is 360 cm³/mol. The third kappa shape index (κ3) is 6.71. The fourth-order valence-corrected chi connectivity index (χ4v) is 15.1. The number of nitrogens with one attached hydrogen (secondary N) is 1. The molecule has 0 radical (unpaired) electrons. The highest BCUT2D eigenvalue weighted by Crippen LogP contribution is 2.53. The van der Waals surface area contributed by atoms with Crippen molar-refractivity contribution in [3.05, 3.63) is 284 Å². The molecular weight excluding hydrogens is 1070 g/mol. The summed E-state index contributed by atoms with van der Waals surface area (Å²) in [7, 11) is 0. The third-order valence-electron chi connectivity index (χ3n) is 18.1. The molecule has 2 aromatic heterocycles. The summed E-state index contributed by atoms with van der Waals surface area (Å²) < 4.78 is 3.64. The van der Waals surface area contributed by atoms with E-state index in [2.05, 4.69) is 305 Å². The lowest BCUT2D eigenvalue weighted by Gasteiger charge is -2.15. The average molecular weight is 1120 g/mol. The molecule has 2 heterocycles. The van der Waals surface area contributed by atoms with Gasteiger partial charge in [-0.25, -0.2) is 0 Å². The van der Waals surface area contributed by atoms with Crippen LogP contribution in [0.15, 0.2) is 284 Å². The van der Waals surface area contributed by atoms with Gasteiger partial charge in [-0.1, -0.05) is 259 Å². The molecule has 2 aliphatic rings. The number of para-hydroxylation sites is 2. The normalized spacial score (nSPS) is 12.2. The minimum Gasteiger partial charge on any atom is -0.354 e. The molecule has 16 aromatic carbocycles. The van der Waals surface area contributed by atoms with Crippen LogP contribution in [-0.2, 0) is 0 Å². The molecule has 3 heteroatoms. The second-order valence-corrected chi connectivity index (χ2v) is 23.3. The monoisotopic (exact) mass is 1110 g/mol. The summed E-state index contributed by atoms with van der Waals surface area (Å²) in [6.45, 7) is 0. The van der Waals surface area contributed by atoms with Gasteiger partial charge in [-0.15, -0.1) is 0 Å². The van der Waals surface area contributed by atoms with Crippen LogP contribution in [-0.4, -0.2) is 9.55 Å². The van der Waals surface area contributed by atoms with Crippen LogP contribution < -0.4 is 0 Å². The molecule has 0 saturated heterocycles. The molecule has 0 saturated carbocycles. The highest BCUT2D eigenvalue weighted by Gasteiger charge is 2.28. The van der Waals surface area contributed by atoms with Crippen molar-refractivity contribution in [3.8, 4) is 50.2 Å². The van der Waals surface area contributed by atoms with Crippen LogP contribution in [0.3, 0.4) is 0 Å². The van der Waals surface area contributed by atoms with Gasteiger partial charge < -0.3 is 9.55 Å². The van der Waals surface area contributed by atoms with Crippen molar-refractivity contribution in [1.29, 1.82) is 0 Å². The lowest BCUT2D eigenvalue weighted by molar-refractivity contribution is 1.19. The summed E-state index contributed by atoms with van der Waals surface area (Å²) in [6.07, 6.45) is 0. The van der Waals surface area contributed by atoms with E-state index in [1.165, 1.54) is 180 Å². The number of aromatic amines is 1. The molecule has 0 aliphatic heterocycles. The van der Waals surface area contributed by atoms with Crippen LogP contribution in [0.25, 0.3) is 180 Å². The number of rotatable bonds is 1. The molecule has 2 nitrogen and oxygen atoms in total. The van der Waals surface area contributed by atoms with Gasteiger partial charge in [0.05, 0.1) is 16.6 Å². The molecule has 20 rings (SSSR count). The first-order valence-electron chi connectivity index (χ1n) is 28.6. The van der Waals surface area contributed by atoms with Gasteiger partial charge >= 0.3 is 0 Å². The maximum absolute atomic E-state index is 3.66. The lowest BCUT2D eigenvalue weighted by Crippen LogP contribution is -1.96. The lowest BCUT2D eigenvalue weighted by atomic mass is 9.94. The van der Waals surface area contributed by atoms with E-state index < -0.39 is 0 Å². The third-order valence-corrected chi connectivity index (χ3v) is 18.6. The van der Waals surface area contributed by atoms with Gasteiger partial charge in [0.15, 0.2) is 0 Å². The highest BCUT2D eigenvalue weighted by molar-refractivity contribution is 9.10. The number of aromatic nitrogens is 2. The standard InChI is InChI=1S/C40H23N.C22H13N.C18H11Br/c1-2-13-28-26(11-1)27-12-3-4-14-29(27)36-23-25(19-20-30(28)36)41-37-18-6-5-15-31(37)34-22-21-33-32-16-7-9-24-10-8-17-35(38(24)32)39(33)40(34)41;1-2-10-19-14(7-1)17-12-11-16-15-8-3-5-13-6-4-9-18(20(13)15)21(16)22(17)23-19;19-12-9-10-17-15-7-2-1-5-13(15)14-6-3-4-8-16(14)18(17)11-12/h1-23H;1-12,23H;1-11H. The summed E-state index contributed by atoms with van der Waals surface area (Å²) in [5.74, 6) is 0. The smallest absolute Gasteiger partial charge is 0.0625 e. The van der Waals surface area contributed by atoms with Crippen LogP contribution in [0, 0.1) is 0 Å². The van der Waals surface area contributed by atoms with E-state index >= 15 is 0 Å². The molecule has 0 atom stereocenters. The average Bonchev–Trinajstić information content (AvgIpc) is 1.89. The minimum absolute atomic E-state index is 1.13. The summed E-state index contributed by atoms with van der Waals surface area (Å²) in [4.78, 5) is 3.66. The number of halogens is 1. The molecule has 0 unspecified atom stereocenters. The molecule has 2 aliphatic carbocycles. The van der Waals surface area contributed by atoms with Crippen LogP contribution in [0.4, 0.5) is 0 Å². The van der Waals surface area contributed by atoms with Crippen molar-refractivity contribution in [1.82, 2.24) is 9.55 Å². The Morgan fingerprint density at radius 3 is 1.24 bits per heavy atom. The van der Waals surface area contributed by atoms with Gasteiger partial charge in [0.1, 0.15) is 0 Å². The fourth-order valence-electron chi connectivity index (χ4n) is 14.7. The van der Waals surface area contributed by atoms with E-state index in [1.54, 1.807) is 0 Å². The second-order valence-electron chi connectivity index (χ2n) is 22.3. The van der Waals surface area contributed by atoms with Crippen LogP contribution in [0.2, 0.25) is 0 Å². The number of benzene rings is 16. The van der Waals surface area contributed by atoms with Crippen molar-refractivity contribution in [2.75, 3.05) is 0 Å². The predicted octanol–water partition coefficient (Wildman–Crippen LogP) is 23.1. The Balaban J connectivity index is 0.000000105. The molecule has 0 amide bonds. The Labute approximate surface area is 485 Å². The van der Waals surface area contributed by atoms with Gasteiger partial charge in [0.25, 0.3) is 0 Å². The van der Waals surface area contributed by atoms with E-state index in [4.69, 9.17) is 0 Å². The first-order chi connectivity index (χ1) is 41.1. The molecule has 0 spiro atoms. The van der Waals surface area contributed by atoms with Crippen molar-refractivity contribution in [2.45, 2.75) is 0 Å². The quantitative estimate of drug-likeness (QED) is 0.158. The maximum atomic E-state index is 3.66. The van der Waals surface area contributed by atoms with Crippen LogP contribution in [0.1, 0.15) is 0 Å². The zero-order valence-corrected chi connectivity index (χ0v) is 46.5. The van der Waals surface area contributed by atoms with Gasteiger partial charge in [-0.2, -0.15) is 0 Å². The van der Waals surface area contributed by atoms with E-state index in [0.717, 1.165) is 4.47 Å². The van der Waals surface area contributed by atoms with Gasteiger partial charge in [0.2, 0.25) is 0 Å². The number of H-pyrrole nitrogens is 1. The topological polar surface area (TPSA) is 20.7 Å². The Morgan fingerprint density at radius 2 is 0.675 bits per heavy atom. The van der Waals surface area contributed by atoms with Crippen molar-refractivity contribution >= 4 is 146 Å². The van der Waals surface area contributed by atoms with E-state index in [0.29, 0.717) is 0 Å². The Morgan fingerprint density at radius 1 is 0.265 bits per heavy atom. The van der Waals surface area contributed by atoms with Crippen molar-refractivity contribution in [3.63, 3.8) is 0 Å². The number of fused-ring (bicyclic) bond motifs is 26. The fraction of sp³-hybridized carbons (Fsp3) is 0. The first-order valence-corrected chi connectivity index (χ1v) is 29.4. The Hall–Kier alpha value is -10.3. The maximum Gasteiger partial charge on any atom is 0.0625 e. The van der Waals surface area contributed by atoms with Gasteiger partial charge in [-0.3, -0.25) is 0 Å².